The van der Waals surface area contributed by atoms with Crippen LogP contribution >= 0.6 is 0 Å². The van der Waals surface area contributed by atoms with Gasteiger partial charge in [0, 0.05) is 36.8 Å². The fourth-order valence-corrected chi connectivity index (χ4v) is 3.44. The summed E-state index contributed by atoms with van der Waals surface area (Å²) in [7, 11) is 1.43. The van der Waals surface area contributed by atoms with Crippen LogP contribution in [0.25, 0.3) is 0 Å². The van der Waals surface area contributed by atoms with Crippen molar-refractivity contribution in [1.82, 2.24) is 4.90 Å². The fourth-order valence-electron chi connectivity index (χ4n) is 3.44. The first-order valence-corrected chi connectivity index (χ1v) is 10.5. The van der Waals surface area contributed by atoms with E-state index in [1.54, 1.807) is 0 Å². The molecule has 3 rings (SSSR count). The summed E-state index contributed by atoms with van der Waals surface area (Å²) >= 11 is 0. The molecule has 9 heteroatoms. The van der Waals surface area contributed by atoms with Gasteiger partial charge in [0.15, 0.2) is 0 Å². The summed E-state index contributed by atoms with van der Waals surface area (Å²) in [6.07, 6.45) is 2.15. The maximum atomic E-state index is 12.6. The summed E-state index contributed by atoms with van der Waals surface area (Å²) in [6.45, 7) is 4.53. The molecule has 170 valence electrons. The molecule has 0 aliphatic heterocycles. The molecular formula is C23H28N4O5. The number of aryl methyl sites for hydroxylation is 2. The fraction of sp³-hybridized carbons (Fsp3) is 0.391. The molecule has 2 aromatic rings. The molecule has 0 saturated heterocycles. The number of non-ortho nitro benzene ring substituents is 1. The van der Waals surface area contributed by atoms with Gasteiger partial charge in [-0.3, -0.25) is 24.6 Å². The van der Waals surface area contributed by atoms with Gasteiger partial charge >= 0.3 is 0 Å². The third-order valence-corrected chi connectivity index (χ3v) is 5.37. The highest BCUT2D eigenvalue weighted by Gasteiger charge is 2.30. The van der Waals surface area contributed by atoms with Crippen molar-refractivity contribution >= 4 is 28.9 Å². The van der Waals surface area contributed by atoms with Crippen molar-refractivity contribution in [3.63, 3.8) is 0 Å². The highest BCUT2D eigenvalue weighted by atomic mass is 16.6. The summed E-state index contributed by atoms with van der Waals surface area (Å²) in [4.78, 5) is 37.6. The summed E-state index contributed by atoms with van der Waals surface area (Å²) in [5.74, 6) is -0.0772. The van der Waals surface area contributed by atoms with Crippen molar-refractivity contribution in [2.75, 3.05) is 30.8 Å². The number of amides is 2. The lowest BCUT2D eigenvalue weighted by Crippen LogP contribution is -2.37. The van der Waals surface area contributed by atoms with E-state index in [0.29, 0.717) is 18.3 Å². The van der Waals surface area contributed by atoms with E-state index in [9.17, 15) is 19.7 Å². The standard InChI is InChI=1S/C23H28N4O5/c1-15-4-5-16(2)19(12-15)24-23(29)14-26(17-6-7-17)11-10-22(28)25-20-13-18(27(30)31)8-9-21(20)32-3/h4-5,8-9,12-13,17H,6-7,10-11,14H2,1-3H3,(H,24,29)(H,25,28). The SMILES string of the molecule is COc1ccc([N+](=O)[O-])cc1NC(=O)CCN(CC(=O)Nc1cc(C)ccc1C)C1CC1. The molecule has 1 aliphatic carbocycles. The number of nitrogens with zero attached hydrogens (tertiary/aromatic N) is 2. The zero-order valence-electron chi connectivity index (χ0n) is 18.5. The summed E-state index contributed by atoms with van der Waals surface area (Å²) in [6, 6.07) is 10.2. The molecule has 1 saturated carbocycles. The van der Waals surface area contributed by atoms with Crippen LogP contribution in [-0.4, -0.2) is 47.9 Å². The number of carbonyl (C=O) groups excluding carboxylic acids is 2. The summed E-state index contributed by atoms with van der Waals surface area (Å²) < 4.78 is 5.18. The highest BCUT2D eigenvalue weighted by molar-refractivity contribution is 5.94. The number of methoxy groups -OCH3 is 1. The molecular weight excluding hydrogens is 412 g/mol. The molecule has 0 bridgehead atoms. The van der Waals surface area contributed by atoms with E-state index in [0.717, 1.165) is 29.7 Å². The lowest BCUT2D eigenvalue weighted by molar-refractivity contribution is -0.384. The molecule has 0 heterocycles. The number of nitrogens with one attached hydrogen (secondary N) is 2. The lowest BCUT2D eigenvalue weighted by Gasteiger charge is -2.21. The van der Waals surface area contributed by atoms with Gasteiger partial charge in [-0.15, -0.1) is 0 Å². The Balaban J connectivity index is 1.57. The average molecular weight is 441 g/mol. The average Bonchev–Trinajstić information content (AvgIpc) is 3.59. The van der Waals surface area contributed by atoms with Crippen LogP contribution in [0.15, 0.2) is 36.4 Å². The van der Waals surface area contributed by atoms with Gasteiger partial charge in [-0.05, 0) is 49.9 Å². The van der Waals surface area contributed by atoms with Crippen molar-refractivity contribution in [2.45, 2.75) is 39.2 Å². The molecule has 0 spiro atoms. The van der Waals surface area contributed by atoms with Crippen LogP contribution in [0.5, 0.6) is 5.75 Å². The van der Waals surface area contributed by atoms with Crippen LogP contribution in [0.3, 0.4) is 0 Å². The van der Waals surface area contributed by atoms with Crippen LogP contribution in [0.2, 0.25) is 0 Å². The number of carbonyl (C=O) groups is 2. The zero-order valence-corrected chi connectivity index (χ0v) is 18.5. The van der Waals surface area contributed by atoms with E-state index < -0.39 is 4.92 Å². The molecule has 0 atom stereocenters. The second-order valence-corrected chi connectivity index (χ2v) is 8.01. The van der Waals surface area contributed by atoms with Crippen LogP contribution in [0, 0.1) is 24.0 Å². The quantitative estimate of drug-likeness (QED) is 0.431. The molecule has 2 aromatic carbocycles. The van der Waals surface area contributed by atoms with E-state index in [4.69, 9.17) is 4.74 Å². The van der Waals surface area contributed by atoms with Gasteiger partial charge in [-0.25, -0.2) is 0 Å². The first-order chi connectivity index (χ1) is 15.3. The van der Waals surface area contributed by atoms with Crippen LogP contribution in [-0.2, 0) is 9.59 Å². The molecule has 2 amide bonds. The third-order valence-electron chi connectivity index (χ3n) is 5.37. The Kier molecular flexibility index (Phi) is 7.42. The van der Waals surface area contributed by atoms with E-state index in [2.05, 4.69) is 10.6 Å². The van der Waals surface area contributed by atoms with Gasteiger partial charge in [0.25, 0.3) is 5.69 Å². The Bertz CT molecular complexity index is 1020. The number of benzene rings is 2. The molecule has 0 aromatic heterocycles. The van der Waals surface area contributed by atoms with Crippen molar-refractivity contribution in [1.29, 1.82) is 0 Å². The Morgan fingerprint density at radius 3 is 2.47 bits per heavy atom. The second-order valence-electron chi connectivity index (χ2n) is 8.01. The molecule has 0 radical (unpaired) electrons. The van der Waals surface area contributed by atoms with Crippen molar-refractivity contribution in [3.8, 4) is 5.75 Å². The van der Waals surface area contributed by atoms with Crippen molar-refractivity contribution in [3.05, 3.63) is 57.6 Å². The Morgan fingerprint density at radius 1 is 1.09 bits per heavy atom. The van der Waals surface area contributed by atoms with E-state index in [-0.39, 0.29) is 36.2 Å². The zero-order chi connectivity index (χ0) is 23.3. The molecule has 1 aliphatic rings. The van der Waals surface area contributed by atoms with E-state index in [1.165, 1.54) is 25.3 Å². The number of nitro groups is 1. The predicted molar refractivity (Wildman–Crippen MR) is 122 cm³/mol. The smallest absolute Gasteiger partial charge is 0.271 e. The van der Waals surface area contributed by atoms with Crippen LogP contribution in [0.1, 0.15) is 30.4 Å². The summed E-state index contributed by atoms with van der Waals surface area (Å²) in [5.41, 5.74) is 2.97. The van der Waals surface area contributed by atoms with Gasteiger partial charge < -0.3 is 15.4 Å². The molecule has 9 nitrogen and oxygen atoms in total. The van der Waals surface area contributed by atoms with Crippen LogP contribution in [0.4, 0.5) is 17.1 Å². The topological polar surface area (TPSA) is 114 Å². The summed E-state index contributed by atoms with van der Waals surface area (Å²) in [5, 5.41) is 16.7. The number of anilines is 2. The lowest BCUT2D eigenvalue weighted by atomic mass is 10.1. The van der Waals surface area contributed by atoms with Crippen LogP contribution < -0.4 is 15.4 Å². The third kappa shape index (κ3) is 6.27. The monoisotopic (exact) mass is 440 g/mol. The first-order valence-electron chi connectivity index (χ1n) is 10.5. The second kappa shape index (κ2) is 10.2. The number of nitro benzene ring substituents is 1. The maximum Gasteiger partial charge on any atom is 0.271 e. The predicted octanol–water partition coefficient (Wildman–Crippen LogP) is 3.65. The van der Waals surface area contributed by atoms with E-state index >= 15 is 0 Å². The van der Waals surface area contributed by atoms with Crippen molar-refractivity contribution in [2.24, 2.45) is 0 Å². The minimum atomic E-state index is -0.529. The molecule has 0 unspecified atom stereocenters. The number of rotatable bonds is 10. The normalized spacial score (nSPS) is 13.0. The number of hydrogen-bond donors (Lipinski definition) is 2. The number of hydrogen-bond acceptors (Lipinski definition) is 6. The molecule has 2 N–H and O–H groups in total. The minimum Gasteiger partial charge on any atom is -0.495 e. The molecule has 1 fully saturated rings. The molecule has 32 heavy (non-hydrogen) atoms. The Labute approximate surface area is 186 Å². The largest absolute Gasteiger partial charge is 0.495 e. The first kappa shape index (κ1) is 23.2. The van der Waals surface area contributed by atoms with E-state index in [1.807, 2.05) is 36.9 Å². The Hall–Kier alpha value is -3.46. The number of ether oxygens (including phenoxy) is 1. The van der Waals surface area contributed by atoms with Gasteiger partial charge in [0.05, 0.1) is 24.3 Å². The van der Waals surface area contributed by atoms with Gasteiger partial charge in [0.1, 0.15) is 5.75 Å². The van der Waals surface area contributed by atoms with Gasteiger partial charge in [0.2, 0.25) is 11.8 Å². The van der Waals surface area contributed by atoms with Gasteiger partial charge in [-0.1, -0.05) is 12.1 Å². The highest BCUT2D eigenvalue weighted by Crippen LogP contribution is 2.30. The Morgan fingerprint density at radius 2 is 1.81 bits per heavy atom. The maximum absolute atomic E-state index is 12.6. The van der Waals surface area contributed by atoms with Gasteiger partial charge in [-0.2, -0.15) is 0 Å². The minimum absolute atomic E-state index is 0.119. The van der Waals surface area contributed by atoms with Crippen molar-refractivity contribution < 1.29 is 19.2 Å².